The number of anilines is 1. The number of carbonyl (C=O) groups excluding carboxylic acids is 2. The van der Waals surface area contributed by atoms with Crippen LogP contribution in [-0.2, 0) is 9.59 Å². The first-order chi connectivity index (χ1) is 14.4. The van der Waals surface area contributed by atoms with Crippen LogP contribution in [0.25, 0.3) is 0 Å². The van der Waals surface area contributed by atoms with E-state index in [9.17, 15) is 9.59 Å². The number of likely N-dealkylation sites (tertiary alicyclic amines) is 2. The zero-order chi connectivity index (χ0) is 21.7. The highest BCUT2D eigenvalue weighted by Gasteiger charge is 2.35. The van der Waals surface area contributed by atoms with Crippen LogP contribution < -0.4 is 10.1 Å². The van der Waals surface area contributed by atoms with Crippen molar-refractivity contribution in [2.75, 3.05) is 38.6 Å². The SMILES string of the molecule is CCC(C(=O)Nc1cccc(OC)c1)N1CCC(C(=O)N2CC(C)CC(C)C2)CC1. The van der Waals surface area contributed by atoms with Crippen molar-refractivity contribution in [1.29, 1.82) is 0 Å². The minimum Gasteiger partial charge on any atom is -0.497 e. The van der Waals surface area contributed by atoms with Crippen molar-refractivity contribution in [1.82, 2.24) is 9.80 Å². The summed E-state index contributed by atoms with van der Waals surface area (Å²) >= 11 is 0. The Morgan fingerprint density at radius 3 is 2.43 bits per heavy atom. The van der Waals surface area contributed by atoms with E-state index in [4.69, 9.17) is 4.74 Å². The number of methoxy groups -OCH3 is 1. The number of nitrogens with one attached hydrogen (secondary N) is 1. The number of benzene rings is 1. The lowest BCUT2D eigenvalue weighted by Crippen LogP contribution is -2.51. The molecule has 2 amide bonds. The molecule has 2 fully saturated rings. The number of amides is 2. The van der Waals surface area contributed by atoms with Gasteiger partial charge in [-0.25, -0.2) is 0 Å². The highest BCUT2D eigenvalue weighted by Crippen LogP contribution is 2.27. The highest BCUT2D eigenvalue weighted by atomic mass is 16.5. The van der Waals surface area contributed by atoms with Crippen molar-refractivity contribution in [3.8, 4) is 5.75 Å². The first kappa shape index (κ1) is 22.6. The summed E-state index contributed by atoms with van der Waals surface area (Å²) in [5.74, 6) is 2.32. The summed E-state index contributed by atoms with van der Waals surface area (Å²) in [6, 6.07) is 7.25. The molecule has 6 nitrogen and oxygen atoms in total. The second-order valence-corrected chi connectivity index (χ2v) is 9.14. The molecular weight excluding hydrogens is 378 g/mol. The highest BCUT2D eigenvalue weighted by molar-refractivity contribution is 5.95. The van der Waals surface area contributed by atoms with E-state index in [0.29, 0.717) is 17.7 Å². The second kappa shape index (κ2) is 10.3. The number of hydrogen-bond donors (Lipinski definition) is 1. The van der Waals surface area contributed by atoms with Gasteiger partial charge in [0.15, 0.2) is 0 Å². The lowest BCUT2D eigenvalue weighted by molar-refractivity contribution is -0.140. The fraction of sp³-hybridized carbons (Fsp3) is 0.667. The second-order valence-electron chi connectivity index (χ2n) is 9.14. The van der Waals surface area contributed by atoms with Crippen molar-refractivity contribution in [3.63, 3.8) is 0 Å². The van der Waals surface area contributed by atoms with E-state index in [1.807, 2.05) is 31.2 Å². The molecule has 0 radical (unpaired) electrons. The molecule has 0 saturated carbocycles. The number of nitrogens with zero attached hydrogens (tertiary/aromatic N) is 2. The van der Waals surface area contributed by atoms with Crippen LogP contribution in [0.3, 0.4) is 0 Å². The smallest absolute Gasteiger partial charge is 0.241 e. The van der Waals surface area contributed by atoms with Gasteiger partial charge in [-0.2, -0.15) is 0 Å². The summed E-state index contributed by atoms with van der Waals surface area (Å²) in [5.41, 5.74) is 0.746. The predicted molar refractivity (Wildman–Crippen MR) is 120 cm³/mol. The zero-order valence-electron chi connectivity index (χ0n) is 18.9. The maximum absolute atomic E-state index is 13.0. The van der Waals surface area contributed by atoms with E-state index in [2.05, 4.69) is 29.0 Å². The molecule has 0 aromatic heterocycles. The number of carbonyl (C=O) groups is 2. The normalized spacial score (nSPS) is 24.3. The van der Waals surface area contributed by atoms with Crippen molar-refractivity contribution in [2.45, 2.75) is 52.5 Å². The Morgan fingerprint density at radius 1 is 1.17 bits per heavy atom. The molecule has 6 heteroatoms. The van der Waals surface area contributed by atoms with Crippen LogP contribution in [0.15, 0.2) is 24.3 Å². The lowest BCUT2D eigenvalue weighted by atomic mass is 9.88. The molecule has 2 heterocycles. The Kier molecular flexibility index (Phi) is 7.75. The van der Waals surface area contributed by atoms with Crippen LogP contribution in [0.1, 0.15) is 46.5 Å². The quantitative estimate of drug-likeness (QED) is 0.771. The number of hydrogen-bond acceptors (Lipinski definition) is 4. The molecule has 166 valence electrons. The largest absolute Gasteiger partial charge is 0.497 e. The van der Waals surface area contributed by atoms with Gasteiger partial charge in [0, 0.05) is 30.8 Å². The predicted octanol–water partition coefficient (Wildman–Crippen LogP) is 3.63. The van der Waals surface area contributed by atoms with Crippen LogP contribution >= 0.6 is 0 Å². The van der Waals surface area contributed by atoms with Crippen molar-refractivity contribution >= 4 is 17.5 Å². The summed E-state index contributed by atoms with van der Waals surface area (Å²) in [6.45, 7) is 9.90. The molecule has 0 bridgehead atoms. The van der Waals surface area contributed by atoms with Gasteiger partial charge in [0.05, 0.1) is 13.2 Å². The topological polar surface area (TPSA) is 61.9 Å². The third-order valence-corrected chi connectivity index (χ3v) is 6.53. The maximum Gasteiger partial charge on any atom is 0.241 e. The van der Waals surface area contributed by atoms with E-state index < -0.39 is 0 Å². The molecule has 0 spiro atoms. The fourth-order valence-electron chi connectivity index (χ4n) is 5.09. The Hall–Kier alpha value is -2.08. The van der Waals surface area contributed by atoms with E-state index in [-0.39, 0.29) is 17.9 Å². The third kappa shape index (κ3) is 5.54. The van der Waals surface area contributed by atoms with Gasteiger partial charge in [0.25, 0.3) is 0 Å². The van der Waals surface area contributed by atoms with E-state index in [1.165, 1.54) is 6.42 Å². The average molecular weight is 416 g/mol. The van der Waals surface area contributed by atoms with Crippen LogP contribution in [-0.4, -0.2) is 60.9 Å². The molecule has 2 aliphatic rings. The van der Waals surface area contributed by atoms with E-state index in [0.717, 1.165) is 56.9 Å². The minimum absolute atomic E-state index is 0.00853. The minimum atomic E-state index is -0.178. The lowest BCUT2D eigenvalue weighted by Gasteiger charge is -2.40. The molecule has 2 aliphatic heterocycles. The molecule has 30 heavy (non-hydrogen) atoms. The monoisotopic (exact) mass is 415 g/mol. The van der Waals surface area contributed by atoms with Gasteiger partial charge in [-0.1, -0.05) is 26.8 Å². The Balaban J connectivity index is 1.54. The number of rotatable bonds is 6. The Bertz CT molecular complexity index is 720. The van der Waals surface area contributed by atoms with Gasteiger partial charge >= 0.3 is 0 Å². The molecular formula is C24H37N3O3. The molecule has 2 saturated heterocycles. The van der Waals surface area contributed by atoms with Gasteiger partial charge in [0.2, 0.25) is 11.8 Å². The molecule has 3 unspecified atom stereocenters. The van der Waals surface area contributed by atoms with Crippen molar-refractivity contribution in [3.05, 3.63) is 24.3 Å². The van der Waals surface area contributed by atoms with Gasteiger partial charge in [-0.05, 0) is 62.7 Å². The first-order valence-corrected chi connectivity index (χ1v) is 11.4. The van der Waals surface area contributed by atoms with Gasteiger partial charge in [-0.15, -0.1) is 0 Å². The van der Waals surface area contributed by atoms with Crippen LogP contribution in [0.5, 0.6) is 5.75 Å². The molecule has 3 rings (SSSR count). The summed E-state index contributed by atoms with van der Waals surface area (Å²) in [6.07, 6.45) is 3.63. The van der Waals surface area contributed by atoms with Gasteiger partial charge in [-0.3, -0.25) is 14.5 Å². The molecule has 0 aliphatic carbocycles. The van der Waals surface area contributed by atoms with E-state index in [1.54, 1.807) is 7.11 Å². The molecule has 1 aromatic rings. The first-order valence-electron chi connectivity index (χ1n) is 11.4. The van der Waals surface area contributed by atoms with E-state index >= 15 is 0 Å². The number of piperidine rings is 2. The summed E-state index contributed by atoms with van der Waals surface area (Å²) in [7, 11) is 1.62. The fourth-order valence-corrected chi connectivity index (χ4v) is 5.09. The van der Waals surface area contributed by atoms with Gasteiger partial charge in [0.1, 0.15) is 5.75 Å². The zero-order valence-corrected chi connectivity index (χ0v) is 18.9. The van der Waals surface area contributed by atoms with Gasteiger partial charge < -0.3 is 15.0 Å². The molecule has 3 atom stereocenters. The number of ether oxygens (including phenoxy) is 1. The van der Waals surface area contributed by atoms with Crippen molar-refractivity contribution in [2.24, 2.45) is 17.8 Å². The van der Waals surface area contributed by atoms with Crippen LogP contribution in [0, 0.1) is 17.8 Å². The van der Waals surface area contributed by atoms with Crippen LogP contribution in [0.2, 0.25) is 0 Å². The Labute approximate surface area is 180 Å². The summed E-state index contributed by atoms with van der Waals surface area (Å²) in [4.78, 5) is 30.3. The summed E-state index contributed by atoms with van der Waals surface area (Å²) < 4.78 is 5.24. The summed E-state index contributed by atoms with van der Waals surface area (Å²) in [5, 5.41) is 3.02. The third-order valence-electron chi connectivity index (χ3n) is 6.53. The standard InChI is InChI=1S/C24H37N3O3/c1-5-22(23(28)25-20-7-6-8-21(14-20)30-4)26-11-9-19(10-12-26)24(29)27-15-17(2)13-18(3)16-27/h6-8,14,17-19,22H,5,9-13,15-16H2,1-4H3,(H,25,28). The maximum atomic E-state index is 13.0. The molecule has 1 aromatic carbocycles. The molecule has 1 N–H and O–H groups in total. The Morgan fingerprint density at radius 2 is 1.83 bits per heavy atom. The van der Waals surface area contributed by atoms with Crippen LogP contribution in [0.4, 0.5) is 5.69 Å². The van der Waals surface area contributed by atoms with Crippen molar-refractivity contribution < 1.29 is 14.3 Å². The average Bonchev–Trinajstić information content (AvgIpc) is 2.73.